The van der Waals surface area contributed by atoms with Crippen molar-refractivity contribution in [1.29, 1.82) is 0 Å². The van der Waals surface area contributed by atoms with Crippen LogP contribution >= 0.6 is 0 Å². The van der Waals surface area contributed by atoms with Gasteiger partial charge in [0.05, 0.1) is 4.92 Å². The zero-order chi connectivity index (χ0) is 15.6. The van der Waals surface area contributed by atoms with Crippen LogP contribution < -0.4 is 5.32 Å². The van der Waals surface area contributed by atoms with Gasteiger partial charge >= 0.3 is 0 Å². The maximum Gasteiger partial charge on any atom is 0.293 e. The zero-order valence-corrected chi connectivity index (χ0v) is 12.1. The number of hydrogen-bond acceptors (Lipinski definition) is 3. The summed E-state index contributed by atoms with van der Waals surface area (Å²) >= 11 is 0. The van der Waals surface area contributed by atoms with Crippen molar-refractivity contribution < 1.29 is 9.72 Å². The molecule has 108 valence electrons. The lowest BCUT2D eigenvalue weighted by atomic mass is 10.1. The van der Waals surface area contributed by atoms with Gasteiger partial charge in [0.15, 0.2) is 0 Å². The maximum absolute atomic E-state index is 12.2. The Labute approximate surface area is 122 Å². The van der Waals surface area contributed by atoms with E-state index in [-0.39, 0.29) is 17.3 Å². The van der Waals surface area contributed by atoms with Gasteiger partial charge in [-0.1, -0.05) is 17.7 Å². The number of carbonyl (C=O) groups is 1. The van der Waals surface area contributed by atoms with Crippen LogP contribution in [-0.4, -0.2) is 10.8 Å². The third-order valence-corrected chi connectivity index (χ3v) is 3.37. The molecule has 5 heteroatoms. The van der Waals surface area contributed by atoms with E-state index in [4.69, 9.17) is 0 Å². The van der Waals surface area contributed by atoms with Crippen LogP contribution in [-0.2, 0) is 0 Å². The number of nitro groups is 1. The summed E-state index contributed by atoms with van der Waals surface area (Å²) in [7, 11) is 0. The molecule has 0 unspecified atom stereocenters. The third-order valence-electron chi connectivity index (χ3n) is 3.37. The van der Waals surface area contributed by atoms with E-state index in [1.54, 1.807) is 25.1 Å². The maximum atomic E-state index is 12.2. The quantitative estimate of drug-likeness (QED) is 0.688. The molecule has 0 heterocycles. The second kappa shape index (κ2) is 5.75. The molecule has 5 nitrogen and oxygen atoms in total. The summed E-state index contributed by atoms with van der Waals surface area (Å²) in [6.07, 6.45) is 0. The van der Waals surface area contributed by atoms with Gasteiger partial charge in [0, 0.05) is 11.6 Å². The van der Waals surface area contributed by atoms with Gasteiger partial charge in [-0.25, -0.2) is 0 Å². The highest BCUT2D eigenvalue weighted by atomic mass is 16.6. The second-order valence-electron chi connectivity index (χ2n) is 5.03. The predicted molar refractivity (Wildman–Crippen MR) is 81.7 cm³/mol. The van der Waals surface area contributed by atoms with E-state index in [9.17, 15) is 14.9 Å². The van der Waals surface area contributed by atoms with E-state index < -0.39 is 4.92 Å². The third kappa shape index (κ3) is 3.25. The lowest BCUT2D eigenvalue weighted by Gasteiger charge is -2.09. The van der Waals surface area contributed by atoms with Crippen molar-refractivity contribution in [3.05, 3.63) is 68.8 Å². The fraction of sp³-hybridized carbons (Fsp3) is 0.188. The first-order valence-corrected chi connectivity index (χ1v) is 6.52. The summed E-state index contributed by atoms with van der Waals surface area (Å²) < 4.78 is 0. The standard InChI is InChI=1S/C16H16N2O3/c1-10-4-6-13(7-5-10)16(19)17-14-8-11(2)12(3)9-15(14)18(20)21/h4-9H,1-3H3,(H,17,19). The van der Waals surface area contributed by atoms with Crippen LogP contribution in [0.5, 0.6) is 0 Å². The number of nitro benzene ring substituents is 1. The number of benzene rings is 2. The van der Waals surface area contributed by atoms with Crippen molar-refractivity contribution in [2.45, 2.75) is 20.8 Å². The van der Waals surface area contributed by atoms with Crippen molar-refractivity contribution in [3.8, 4) is 0 Å². The molecule has 0 saturated heterocycles. The summed E-state index contributed by atoms with van der Waals surface area (Å²) in [6.45, 7) is 5.57. The first kappa shape index (κ1) is 14.7. The summed E-state index contributed by atoms with van der Waals surface area (Å²) in [5, 5.41) is 13.7. The Kier molecular flexibility index (Phi) is 4.03. The minimum absolute atomic E-state index is 0.0986. The molecule has 2 aromatic carbocycles. The Morgan fingerprint density at radius 2 is 1.62 bits per heavy atom. The summed E-state index contributed by atoms with van der Waals surface area (Å²) in [5.74, 6) is -0.360. The highest BCUT2D eigenvalue weighted by Crippen LogP contribution is 2.28. The topological polar surface area (TPSA) is 72.2 Å². The average Bonchev–Trinajstić information content (AvgIpc) is 2.43. The van der Waals surface area contributed by atoms with Crippen LogP contribution in [0.4, 0.5) is 11.4 Å². The smallest absolute Gasteiger partial charge is 0.293 e. The molecule has 1 N–H and O–H groups in total. The Morgan fingerprint density at radius 1 is 1.05 bits per heavy atom. The monoisotopic (exact) mass is 284 g/mol. The summed E-state index contributed by atoms with van der Waals surface area (Å²) in [5.41, 5.74) is 3.33. The summed E-state index contributed by atoms with van der Waals surface area (Å²) in [6, 6.07) is 10.1. The molecule has 0 bridgehead atoms. The van der Waals surface area contributed by atoms with E-state index in [1.807, 2.05) is 26.0 Å². The fourth-order valence-corrected chi connectivity index (χ4v) is 1.95. The van der Waals surface area contributed by atoms with E-state index in [1.165, 1.54) is 6.07 Å². The molecule has 0 aliphatic heterocycles. The molecule has 2 rings (SSSR count). The van der Waals surface area contributed by atoms with Gasteiger partial charge in [-0.05, 0) is 50.1 Å². The molecule has 1 amide bonds. The zero-order valence-electron chi connectivity index (χ0n) is 12.1. The van der Waals surface area contributed by atoms with Gasteiger partial charge in [0.1, 0.15) is 5.69 Å². The molecule has 0 radical (unpaired) electrons. The van der Waals surface area contributed by atoms with Gasteiger partial charge < -0.3 is 5.32 Å². The van der Waals surface area contributed by atoms with Crippen molar-refractivity contribution in [1.82, 2.24) is 0 Å². The van der Waals surface area contributed by atoms with Crippen LogP contribution in [0.25, 0.3) is 0 Å². The number of nitrogens with one attached hydrogen (secondary N) is 1. The Hall–Kier alpha value is -2.69. The van der Waals surface area contributed by atoms with E-state index in [0.717, 1.165) is 16.7 Å². The van der Waals surface area contributed by atoms with Crippen molar-refractivity contribution >= 4 is 17.3 Å². The highest BCUT2D eigenvalue weighted by Gasteiger charge is 2.18. The molecule has 0 fully saturated rings. The van der Waals surface area contributed by atoms with Crippen LogP contribution in [0.15, 0.2) is 36.4 Å². The normalized spacial score (nSPS) is 10.2. The number of nitrogens with zero attached hydrogens (tertiary/aromatic N) is 1. The number of amides is 1. The van der Waals surface area contributed by atoms with Gasteiger partial charge in [-0.2, -0.15) is 0 Å². The summed E-state index contributed by atoms with van der Waals surface area (Å²) in [4.78, 5) is 22.8. The SMILES string of the molecule is Cc1ccc(C(=O)Nc2cc(C)c(C)cc2[N+](=O)[O-])cc1. The number of carbonyl (C=O) groups excluding carboxylic acids is 1. The Morgan fingerprint density at radius 3 is 2.19 bits per heavy atom. The van der Waals surface area contributed by atoms with E-state index >= 15 is 0 Å². The Balaban J connectivity index is 2.34. The lowest BCUT2D eigenvalue weighted by Crippen LogP contribution is -2.13. The molecule has 0 aliphatic rings. The fourth-order valence-electron chi connectivity index (χ4n) is 1.95. The number of rotatable bonds is 3. The second-order valence-corrected chi connectivity index (χ2v) is 5.03. The van der Waals surface area contributed by atoms with E-state index in [2.05, 4.69) is 5.32 Å². The molecule has 2 aromatic rings. The lowest BCUT2D eigenvalue weighted by molar-refractivity contribution is -0.384. The number of anilines is 1. The van der Waals surface area contributed by atoms with Gasteiger partial charge in [-0.3, -0.25) is 14.9 Å². The van der Waals surface area contributed by atoms with Gasteiger partial charge in [-0.15, -0.1) is 0 Å². The van der Waals surface area contributed by atoms with Gasteiger partial charge in [0.25, 0.3) is 11.6 Å². The first-order valence-electron chi connectivity index (χ1n) is 6.52. The number of hydrogen-bond donors (Lipinski definition) is 1. The van der Waals surface area contributed by atoms with Crippen molar-refractivity contribution in [2.24, 2.45) is 0 Å². The molecule has 0 spiro atoms. The molecule has 0 aliphatic carbocycles. The number of aryl methyl sites for hydroxylation is 3. The first-order chi connectivity index (χ1) is 9.88. The molecule has 0 saturated carbocycles. The minimum atomic E-state index is -0.489. The van der Waals surface area contributed by atoms with Crippen molar-refractivity contribution in [3.63, 3.8) is 0 Å². The minimum Gasteiger partial charge on any atom is -0.316 e. The van der Waals surface area contributed by atoms with E-state index in [0.29, 0.717) is 5.56 Å². The van der Waals surface area contributed by atoms with Crippen LogP contribution in [0.3, 0.4) is 0 Å². The molecule has 21 heavy (non-hydrogen) atoms. The largest absolute Gasteiger partial charge is 0.316 e. The molecule has 0 atom stereocenters. The predicted octanol–water partition coefficient (Wildman–Crippen LogP) is 3.77. The van der Waals surface area contributed by atoms with Crippen LogP contribution in [0.2, 0.25) is 0 Å². The molecular formula is C16H16N2O3. The average molecular weight is 284 g/mol. The van der Waals surface area contributed by atoms with Crippen LogP contribution in [0, 0.1) is 30.9 Å². The molecule has 0 aromatic heterocycles. The molecular weight excluding hydrogens is 268 g/mol. The van der Waals surface area contributed by atoms with Crippen LogP contribution in [0.1, 0.15) is 27.0 Å². The van der Waals surface area contributed by atoms with Crippen molar-refractivity contribution in [2.75, 3.05) is 5.32 Å². The highest BCUT2D eigenvalue weighted by molar-refractivity contribution is 6.05. The Bertz CT molecular complexity index is 706. The van der Waals surface area contributed by atoms with Gasteiger partial charge in [0.2, 0.25) is 0 Å².